The van der Waals surface area contributed by atoms with Crippen LogP contribution in [0.3, 0.4) is 0 Å². The fourth-order valence-electron chi connectivity index (χ4n) is 2.53. The van der Waals surface area contributed by atoms with Crippen LogP contribution in [-0.2, 0) is 16.0 Å². The van der Waals surface area contributed by atoms with Crippen LogP contribution < -0.4 is 5.32 Å². The molecule has 138 valence electrons. The summed E-state index contributed by atoms with van der Waals surface area (Å²) >= 11 is 1.61. The Morgan fingerprint density at radius 1 is 1.15 bits per heavy atom. The number of nitrogens with one attached hydrogen (secondary N) is 1. The molecule has 1 aromatic carbocycles. The van der Waals surface area contributed by atoms with Crippen LogP contribution in [0.2, 0.25) is 0 Å². The van der Waals surface area contributed by atoms with E-state index in [1.54, 1.807) is 31.7 Å². The number of carbonyl (C=O) groups excluding carboxylic acids is 2. The minimum absolute atomic E-state index is 0.254. The zero-order valence-corrected chi connectivity index (χ0v) is 16.1. The highest BCUT2D eigenvalue weighted by atomic mass is 32.2. The molecule has 0 spiro atoms. The van der Waals surface area contributed by atoms with Crippen molar-refractivity contribution in [2.75, 3.05) is 12.4 Å². The van der Waals surface area contributed by atoms with Crippen molar-refractivity contribution in [3.63, 3.8) is 0 Å². The van der Waals surface area contributed by atoms with Crippen LogP contribution in [0.25, 0.3) is 0 Å². The summed E-state index contributed by atoms with van der Waals surface area (Å²) in [7, 11) is 0. The Kier molecular flexibility index (Phi) is 7.21. The molecular formula is C20H24N2O3S. The predicted molar refractivity (Wildman–Crippen MR) is 103 cm³/mol. The first kappa shape index (κ1) is 20.0. The Morgan fingerprint density at radius 2 is 1.88 bits per heavy atom. The van der Waals surface area contributed by atoms with Crippen LogP contribution in [0.4, 0.5) is 0 Å². The summed E-state index contributed by atoms with van der Waals surface area (Å²) in [5, 5.41) is 3.70. The first-order valence-electron chi connectivity index (χ1n) is 8.61. The van der Waals surface area contributed by atoms with Crippen molar-refractivity contribution < 1.29 is 14.3 Å². The van der Waals surface area contributed by atoms with Gasteiger partial charge in [0.15, 0.2) is 0 Å². The number of thioether (sulfide) groups is 1. The van der Waals surface area contributed by atoms with Gasteiger partial charge in [0.1, 0.15) is 5.54 Å². The number of nitrogens with zero attached hydrogens (tertiary/aromatic N) is 1. The molecule has 1 atom stereocenters. The molecule has 1 heterocycles. The van der Waals surface area contributed by atoms with Crippen LogP contribution in [-0.4, -0.2) is 34.8 Å². The fourth-order valence-corrected chi connectivity index (χ4v) is 3.12. The highest BCUT2D eigenvalue weighted by Gasteiger charge is 2.37. The van der Waals surface area contributed by atoms with Crippen LogP contribution >= 0.6 is 11.8 Å². The molecule has 0 saturated carbocycles. The molecule has 2 rings (SSSR count). The minimum atomic E-state index is -1.16. The zero-order chi connectivity index (χ0) is 19.0. The summed E-state index contributed by atoms with van der Waals surface area (Å²) in [6.07, 6.45) is 1.87. The van der Waals surface area contributed by atoms with Crippen molar-refractivity contribution in [2.45, 2.75) is 37.8 Å². The van der Waals surface area contributed by atoms with Gasteiger partial charge in [-0.2, -0.15) is 0 Å². The second-order valence-corrected chi connectivity index (χ2v) is 7.27. The summed E-state index contributed by atoms with van der Waals surface area (Å²) in [6.45, 7) is 5.73. The molecule has 1 amide bonds. The van der Waals surface area contributed by atoms with Gasteiger partial charge in [-0.3, -0.25) is 4.79 Å². The minimum Gasteiger partial charge on any atom is -0.464 e. The summed E-state index contributed by atoms with van der Waals surface area (Å²) in [5.41, 5.74) is 0.191. The number of pyridine rings is 1. The number of esters is 1. The van der Waals surface area contributed by atoms with E-state index in [4.69, 9.17) is 4.74 Å². The molecule has 0 fully saturated rings. The lowest BCUT2D eigenvalue weighted by molar-refractivity contribution is -0.150. The van der Waals surface area contributed by atoms with Gasteiger partial charge in [-0.15, -0.1) is 11.8 Å². The number of hydrogen-bond donors (Lipinski definition) is 1. The highest BCUT2D eigenvalue weighted by Crippen LogP contribution is 2.18. The normalized spacial score (nSPS) is 12.9. The number of hydrogen-bond acceptors (Lipinski definition) is 5. The average molecular weight is 372 g/mol. The SMILES string of the molecule is CCOC(=O)C(C)(Cc1ccccc1)NC(=O)c1ccc(SCC)nc1. The maximum Gasteiger partial charge on any atom is 0.331 e. The van der Waals surface area contributed by atoms with E-state index in [0.717, 1.165) is 16.3 Å². The second-order valence-electron chi connectivity index (χ2n) is 5.99. The van der Waals surface area contributed by atoms with Gasteiger partial charge in [0.25, 0.3) is 5.91 Å². The standard InChI is InChI=1S/C20H24N2O3S/c1-4-25-19(24)20(3,13-15-9-7-6-8-10-15)22-18(23)16-11-12-17(21-14-16)26-5-2/h6-12,14H,4-5,13H2,1-3H3,(H,22,23). The lowest BCUT2D eigenvalue weighted by atomic mass is 9.92. The fraction of sp³-hybridized carbons (Fsp3) is 0.350. The maximum absolute atomic E-state index is 12.7. The Bertz CT molecular complexity index is 734. The Balaban J connectivity index is 2.19. The molecule has 0 radical (unpaired) electrons. The van der Waals surface area contributed by atoms with Crippen molar-refractivity contribution in [3.05, 3.63) is 59.8 Å². The zero-order valence-electron chi connectivity index (χ0n) is 15.3. The largest absolute Gasteiger partial charge is 0.464 e. The molecule has 2 aromatic rings. The Hall–Kier alpha value is -2.34. The third-order valence-electron chi connectivity index (χ3n) is 3.81. The molecule has 5 nitrogen and oxygen atoms in total. The van der Waals surface area contributed by atoms with Gasteiger partial charge in [-0.1, -0.05) is 37.3 Å². The molecule has 1 N–H and O–H groups in total. The van der Waals surface area contributed by atoms with Gasteiger partial charge in [0.05, 0.1) is 17.2 Å². The van der Waals surface area contributed by atoms with Crippen LogP contribution in [0.1, 0.15) is 36.7 Å². The monoisotopic (exact) mass is 372 g/mol. The molecule has 1 aromatic heterocycles. The van der Waals surface area contributed by atoms with Crippen molar-refractivity contribution in [2.24, 2.45) is 0 Å². The molecule has 0 aliphatic heterocycles. The smallest absolute Gasteiger partial charge is 0.331 e. The quantitative estimate of drug-likeness (QED) is 0.567. The number of aromatic nitrogens is 1. The van der Waals surface area contributed by atoms with E-state index in [1.807, 2.05) is 43.3 Å². The van der Waals surface area contributed by atoms with E-state index >= 15 is 0 Å². The number of amides is 1. The highest BCUT2D eigenvalue weighted by molar-refractivity contribution is 7.99. The number of benzene rings is 1. The summed E-state index contributed by atoms with van der Waals surface area (Å²) < 4.78 is 5.19. The van der Waals surface area contributed by atoms with E-state index in [9.17, 15) is 9.59 Å². The molecule has 0 aliphatic rings. The first-order chi connectivity index (χ1) is 12.5. The van der Waals surface area contributed by atoms with Crippen LogP contribution in [0.15, 0.2) is 53.7 Å². The van der Waals surface area contributed by atoms with Gasteiger partial charge in [0, 0.05) is 12.6 Å². The molecule has 0 aliphatic carbocycles. The molecule has 0 saturated heterocycles. The van der Waals surface area contributed by atoms with E-state index < -0.39 is 11.5 Å². The lowest BCUT2D eigenvalue weighted by Gasteiger charge is -2.28. The molecule has 0 bridgehead atoms. The summed E-state index contributed by atoms with van der Waals surface area (Å²) in [6, 6.07) is 13.1. The third-order valence-corrected chi connectivity index (χ3v) is 4.63. The number of ether oxygens (including phenoxy) is 1. The summed E-state index contributed by atoms with van der Waals surface area (Å²) in [5.74, 6) is 0.108. The molecule has 26 heavy (non-hydrogen) atoms. The summed E-state index contributed by atoms with van der Waals surface area (Å²) in [4.78, 5) is 29.5. The van der Waals surface area contributed by atoms with Gasteiger partial charge in [-0.05, 0) is 37.3 Å². The Morgan fingerprint density at radius 3 is 2.46 bits per heavy atom. The average Bonchev–Trinajstić information content (AvgIpc) is 2.63. The van der Waals surface area contributed by atoms with Crippen molar-refractivity contribution in [1.29, 1.82) is 0 Å². The predicted octanol–water partition coefficient (Wildman–Crippen LogP) is 3.49. The Labute approximate surface area is 158 Å². The maximum atomic E-state index is 12.7. The van der Waals surface area contributed by atoms with Crippen LogP contribution in [0.5, 0.6) is 0 Å². The molecular weight excluding hydrogens is 348 g/mol. The van der Waals surface area contributed by atoms with Gasteiger partial charge >= 0.3 is 5.97 Å². The van der Waals surface area contributed by atoms with E-state index in [1.165, 1.54) is 6.20 Å². The molecule has 6 heteroatoms. The van der Waals surface area contributed by atoms with Gasteiger partial charge < -0.3 is 10.1 Å². The second kappa shape index (κ2) is 9.38. The number of carbonyl (C=O) groups is 2. The third kappa shape index (κ3) is 5.33. The van der Waals surface area contributed by atoms with E-state index in [-0.39, 0.29) is 12.5 Å². The van der Waals surface area contributed by atoms with E-state index in [0.29, 0.717) is 12.0 Å². The number of rotatable bonds is 8. The van der Waals surface area contributed by atoms with Crippen molar-refractivity contribution in [3.8, 4) is 0 Å². The van der Waals surface area contributed by atoms with Crippen molar-refractivity contribution >= 4 is 23.6 Å². The van der Waals surface area contributed by atoms with E-state index in [2.05, 4.69) is 10.3 Å². The van der Waals surface area contributed by atoms with Crippen LogP contribution in [0, 0.1) is 0 Å². The topological polar surface area (TPSA) is 68.3 Å². The first-order valence-corrected chi connectivity index (χ1v) is 9.59. The van der Waals surface area contributed by atoms with Gasteiger partial charge in [0.2, 0.25) is 0 Å². The molecule has 1 unspecified atom stereocenters. The van der Waals surface area contributed by atoms with Crippen molar-refractivity contribution in [1.82, 2.24) is 10.3 Å². The van der Waals surface area contributed by atoms with Gasteiger partial charge in [-0.25, -0.2) is 9.78 Å². The lowest BCUT2D eigenvalue weighted by Crippen LogP contribution is -2.54.